The van der Waals surface area contributed by atoms with Gasteiger partial charge in [0.25, 0.3) is 5.91 Å². The third-order valence-corrected chi connectivity index (χ3v) is 4.71. The first-order valence-corrected chi connectivity index (χ1v) is 9.50. The highest BCUT2D eigenvalue weighted by Crippen LogP contribution is 2.29. The lowest BCUT2D eigenvalue weighted by Crippen LogP contribution is -2.18. The molecule has 1 saturated carbocycles. The molecule has 1 heterocycles. The molecule has 1 aliphatic carbocycles. The van der Waals surface area contributed by atoms with Gasteiger partial charge in [0.1, 0.15) is 5.75 Å². The maximum Gasteiger partial charge on any atom is 0.258 e. The monoisotopic (exact) mass is 374 g/mol. The summed E-state index contributed by atoms with van der Waals surface area (Å²) >= 11 is 0. The average molecular weight is 374 g/mol. The molecule has 142 valence electrons. The van der Waals surface area contributed by atoms with Crippen LogP contribution in [0.1, 0.15) is 36.0 Å². The third kappa shape index (κ3) is 4.46. The number of anilines is 2. The Morgan fingerprint density at radius 2 is 1.61 bits per heavy atom. The van der Waals surface area contributed by atoms with E-state index in [1.165, 1.54) is 12.8 Å². The molecule has 2 N–H and O–H groups in total. The lowest BCUT2D eigenvalue weighted by Gasteiger charge is -2.13. The lowest BCUT2D eigenvalue weighted by molar-refractivity contribution is 0.102. The Morgan fingerprint density at radius 1 is 0.929 bits per heavy atom. The van der Waals surface area contributed by atoms with Crippen LogP contribution in [0.3, 0.4) is 0 Å². The maximum atomic E-state index is 12.6. The number of nitrogens with one attached hydrogen (secondary N) is 2. The maximum absolute atomic E-state index is 12.6. The quantitative estimate of drug-likeness (QED) is 0.643. The minimum absolute atomic E-state index is 0.281. The van der Waals surface area contributed by atoms with Crippen molar-refractivity contribution in [1.82, 2.24) is 9.97 Å². The molecule has 0 atom stereocenters. The van der Waals surface area contributed by atoms with E-state index in [-0.39, 0.29) is 5.91 Å². The molecule has 6 nitrogen and oxygen atoms in total. The van der Waals surface area contributed by atoms with Gasteiger partial charge in [-0.3, -0.25) is 4.79 Å². The highest BCUT2D eigenvalue weighted by molar-refractivity contribution is 6.04. The predicted octanol–water partition coefficient (Wildman–Crippen LogP) is 4.88. The Bertz CT molecular complexity index is 923. The SMILES string of the molecule is O=C(Nc1ccccc1Oc1ccccc1)c1cnc(NC2CCCC2)nc1. The van der Waals surface area contributed by atoms with Crippen LogP contribution in [0.2, 0.25) is 0 Å². The summed E-state index contributed by atoms with van der Waals surface area (Å²) in [7, 11) is 0. The smallest absolute Gasteiger partial charge is 0.258 e. The van der Waals surface area contributed by atoms with E-state index in [4.69, 9.17) is 4.74 Å². The van der Waals surface area contributed by atoms with E-state index in [1.807, 2.05) is 48.5 Å². The molecule has 6 heteroatoms. The highest BCUT2D eigenvalue weighted by atomic mass is 16.5. The number of carbonyl (C=O) groups is 1. The van der Waals surface area contributed by atoms with E-state index in [2.05, 4.69) is 20.6 Å². The molecule has 0 spiro atoms. The van der Waals surface area contributed by atoms with Crippen LogP contribution in [0.5, 0.6) is 11.5 Å². The molecule has 0 aliphatic heterocycles. The van der Waals surface area contributed by atoms with Gasteiger partial charge >= 0.3 is 0 Å². The van der Waals surface area contributed by atoms with E-state index in [9.17, 15) is 4.79 Å². The number of nitrogens with zero attached hydrogens (tertiary/aromatic N) is 2. The topological polar surface area (TPSA) is 76.1 Å². The number of ether oxygens (including phenoxy) is 1. The van der Waals surface area contributed by atoms with Crippen molar-refractivity contribution >= 4 is 17.5 Å². The van der Waals surface area contributed by atoms with Gasteiger partial charge in [-0.2, -0.15) is 0 Å². The number of hydrogen-bond donors (Lipinski definition) is 2. The first-order valence-electron chi connectivity index (χ1n) is 9.50. The molecule has 4 rings (SSSR count). The molecule has 1 fully saturated rings. The van der Waals surface area contributed by atoms with E-state index in [0.717, 1.165) is 12.8 Å². The van der Waals surface area contributed by atoms with Crippen LogP contribution in [0.25, 0.3) is 0 Å². The van der Waals surface area contributed by atoms with Crippen LogP contribution in [-0.2, 0) is 0 Å². The zero-order valence-electron chi connectivity index (χ0n) is 15.5. The van der Waals surface area contributed by atoms with E-state index >= 15 is 0 Å². The molecular weight excluding hydrogens is 352 g/mol. The molecule has 1 amide bonds. The number of aromatic nitrogens is 2. The Morgan fingerprint density at radius 3 is 2.36 bits per heavy atom. The third-order valence-electron chi connectivity index (χ3n) is 4.71. The summed E-state index contributed by atoms with van der Waals surface area (Å²) in [6.45, 7) is 0. The zero-order chi connectivity index (χ0) is 19.2. The molecule has 28 heavy (non-hydrogen) atoms. The van der Waals surface area contributed by atoms with Crippen molar-refractivity contribution in [2.75, 3.05) is 10.6 Å². The normalized spacial score (nSPS) is 13.9. The van der Waals surface area contributed by atoms with Crippen molar-refractivity contribution in [2.24, 2.45) is 0 Å². The number of amides is 1. The van der Waals surface area contributed by atoms with Crippen molar-refractivity contribution in [1.29, 1.82) is 0 Å². The van der Waals surface area contributed by atoms with Crippen molar-refractivity contribution < 1.29 is 9.53 Å². The van der Waals surface area contributed by atoms with Gasteiger partial charge in [-0.25, -0.2) is 9.97 Å². The molecule has 0 bridgehead atoms. The molecule has 3 aromatic rings. The average Bonchev–Trinajstić information content (AvgIpc) is 3.24. The second-order valence-corrected chi connectivity index (χ2v) is 6.79. The van der Waals surface area contributed by atoms with Gasteiger partial charge < -0.3 is 15.4 Å². The molecule has 1 aromatic heterocycles. The van der Waals surface area contributed by atoms with Gasteiger partial charge in [-0.05, 0) is 37.1 Å². The van der Waals surface area contributed by atoms with Gasteiger partial charge in [0, 0.05) is 18.4 Å². The highest BCUT2D eigenvalue weighted by Gasteiger charge is 2.16. The van der Waals surface area contributed by atoms with Crippen LogP contribution in [0, 0.1) is 0 Å². The summed E-state index contributed by atoms with van der Waals surface area (Å²) in [5.41, 5.74) is 0.982. The summed E-state index contributed by atoms with van der Waals surface area (Å²) in [5, 5.41) is 6.19. The van der Waals surface area contributed by atoms with Crippen LogP contribution < -0.4 is 15.4 Å². The first kappa shape index (κ1) is 18.0. The molecule has 1 aliphatic rings. The zero-order valence-corrected chi connectivity index (χ0v) is 15.5. The standard InChI is InChI=1S/C22H22N4O2/c27-21(16-14-23-22(24-15-16)25-17-8-4-5-9-17)26-19-12-6-7-13-20(19)28-18-10-2-1-3-11-18/h1-3,6-7,10-15,17H,4-5,8-9H2,(H,26,27)(H,23,24,25). The Kier molecular flexibility index (Phi) is 5.47. The molecule has 0 saturated heterocycles. The van der Waals surface area contributed by atoms with Crippen LogP contribution >= 0.6 is 0 Å². The molecule has 2 aromatic carbocycles. The van der Waals surface area contributed by atoms with Gasteiger partial charge in [-0.1, -0.05) is 43.2 Å². The van der Waals surface area contributed by atoms with Gasteiger partial charge in [0.15, 0.2) is 5.75 Å². The van der Waals surface area contributed by atoms with Crippen molar-refractivity contribution in [3.05, 3.63) is 72.6 Å². The number of benzene rings is 2. The van der Waals surface area contributed by atoms with Crippen molar-refractivity contribution in [2.45, 2.75) is 31.7 Å². The van der Waals surface area contributed by atoms with Crippen LogP contribution in [-0.4, -0.2) is 21.9 Å². The fourth-order valence-corrected chi connectivity index (χ4v) is 3.24. The Labute approximate surface area is 164 Å². The summed E-state index contributed by atoms with van der Waals surface area (Å²) in [5.74, 6) is 1.56. The number of para-hydroxylation sites is 3. The summed E-state index contributed by atoms with van der Waals surface area (Å²) in [6.07, 6.45) is 7.85. The number of rotatable bonds is 6. The van der Waals surface area contributed by atoms with Gasteiger partial charge in [-0.15, -0.1) is 0 Å². The molecule has 0 unspecified atom stereocenters. The summed E-state index contributed by atoms with van der Waals surface area (Å²) < 4.78 is 5.88. The number of hydrogen-bond acceptors (Lipinski definition) is 5. The van der Waals surface area contributed by atoms with Crippen LogP contribution in [0.4, 0.5) is 11.6 Å². The molecule has 0 radical (unpaired) electrons. The Balaban J connectivity index is 1.43. The largest absolute Gasteiger partial charge is 0.455 e. The summed E-state index contributed by atoms with van der Waals surface area (Å²) in [6, 6.07) is 17.2. The summed E-state index contributed by atoms with van der Waals surface area (Å²) in [4.78, 5) is 21.2. The van der Waals surface area contributed by atoms with Gasteiger partial charge in [0.05, 0.1) is 11.3 Å². The lowest BCUT2D eigenvalue weighted by atomic mass is 10.2. The molecular formula is C22H22N4O2. The van der Waals surface area contributed by atoms with E-state index < -0.39 is 0 Å². The fourth-order valence-electron chi connectivity index (χ4n) is 3.24. The van der Waals surface area contributed by atoms with Gasteiger partial charge in [0.2, 0.25) is 5.95 Å². The van der Waals surface area contributed by atoms with E-state index in [0.29, 0.717) is 34.7 Å². The second kappa shape index (κ2) is 8.52. The number of carbonyl (C=O) groups excluding carboxylic acids is 1. The Hall–Kier alpha value is -3.41. The van der Waals surface area contributed by atoms with Crippen molar-refractivity contribution in [3.63, 3.8) is 0 Å². The second-order valence-electron chi connectivity index (χ2n) is 6.79. The van der Waals surface area contributed by atoms with E-state index in [1.54, 1.807) is 18.5 Å². The fraction of sp³-hybridized carbons (Fsp3) is 0.227. The van der Waals surface area contributed by atoms with Crippen LogP contribution in [0.15, 0.2) is 67.0 Å². The first-order chi connectivity index (χ1) is 13.8. The van der Waals surface area contributed by atoms with Crippen molar-refractivity contribution in [3.8, 4) is 11.5 Å². The minimum atomic E-state index is -0.281. The minimum Gasteiger partial charge on any atom is -0.455 e. The predicted molar refractivity (Wildman–Crippen MR) is 109 cm³/mol.